The van der Waals surface area contributed by atoms with Gasteiger partial charge in [-0.15, -0.1) is 11.8 Å². The van der Waals surface area contributed by atoms with Crippen molar-refractivity contribution in [3.05, 3.63) is 24.0 Å². The number of hydrogen-bond donors (Lipinski definition) is 2. The maximum atomic E-state index is 12.8. The molecule has 2 unspecified atom stereocenters. The molecule has 0 radical (unpaired) electrons. The number of hydrogen-bond acceptors (Lipinski definition) is 3. The predicted octanol–water partition coefficient (Wildman–Crippen LogP) is 2.41. The summed E-state index contributed by atoms with van der Waals surface area (Å²) in [5.74, 6) is -0.316. The van der Waals surface area contributed by atoms with Gasteiger partial charge in [-0.25, -0.2) is 4.39 Å². The topological polar surface area (TPSA) is 46.2 Å². The van der Waals surface area contributed by atoms with Crippen LogP contribution in [0.2, 0.25) is 0 Å². The van der Waals surface area contributed by atoms with Crippen LogP contribution in [0.25, 0.3) is 0 Å². The number of aliphatic hydroxyl groups excluding tert-OH is 1. The third-order valence-electron chi connectivity index (χ3n) is 2.67. The van der Waals surface area contributed by atoms with Crippen molar-refractivity contribution in [2.45, 2.75) is 35.5 Å². The summed E-state index contributed by atoms with van der Waals surface area (Å²) in [6.07, 6.45) is 2.67. The van der Waals surface area contributed by atoms with Crippen LogP contribution >= 0.6 is 11.8 Å². The van der Waals surface area contributed by atoms with Crippen molar-refractivity contribution in [2.75, 3.05) is 5.73 Å². The summed E-state index contributed by atoms with van der Waals surface area (Å²) >= 11 is 1.55. The second kappa shape index (κ2) is 4.41. The molecule has 0 bridgehead atoms. The molecule has 0 heterocycles. The number of nitrogens with two attached hydrogens (primary N) is 1. The minimum atomic E-state index is -0.316. The molecule has 2 nitrogen and oxygen atoms in total. The molecule has 1 aliphatic rings. The monoisotopic (exact) mass is 227 g/mol. The lowest BCUT2D eigenvalue weighted by Crippen LogP contribution is -2.15. The minimum absolute atomic E-state index is 0.206. The maximum absolute atomic E-state index is 12.8. The van der Waals surface area contributed by atoms with E-state index in [1.54, 1.807) is 17.8 Å². The van der Waals surface area contributed by atoms with Crippen molar-refractivity contribution in [1.82, 2.24) is 0 Å². The van der Waals surface area contributed by atoms with E-state index in [-0.39, 0.29) is 17.2 Å². The molecule has 0 spiro atoms. The Kier molecular flexibility index (Phi) is 3.17. The van der Waals surface area contributed by atoms with E-state index in [4.69, 9.17) is 5.73 Å². The Morgan fingerprint density at radius 1 is 1.40 bits per heavy atom. The molecule has 2 rings (SSSR count). The standard InChI is InChI=1S/C11H14FNOS/c12-7-4-5-10(8(13)6-7)15-11-3-1-2-9(11)14/h4-6,9,11,14H,1-3,13H2. The van der Waals surface area contributed by atoms with Crippen LogP contribution in [0.3, 0.4) is 0 Å². The fraction of sp³-hybridized carbons (Fsp3) is 0.455. The lowest BCUT2D eigenvalue weighted by molar-refractivity contribution is 0.188. The molecule has 0 saturated heterocycles. The lowest BCUT2D eigenvalue weighted by Gasteiger charge is -2.14. The number of aliphatic hydroxyl groups is 1. The van der Waals surface area contributed by atoms with Gasteiger partial charge < -0.3 is 10.8 Å². The summed E-state index contributed by atoms with van der Waals surface area (Å²) < 4.78 is 12.8. The molecular weight excluding hydrogens is 213 g/mol. The average Bonchev–Trinajstić information content (AvgIpc) is 2.57. The van der Waals surface area contributed by atoms with Crippen molar-refractivity contribution in [3.8, 4) is 0 Å². The maximum Gasteiger partial charge on any atom is 0.125 e. The van der Waals surface area contributed by atoms with Crippen molar-refractivity contribution >= 4 is 17.4 Å². The van der Waals surface area contributed by atoms with Crippen LogP contribution in [0.1, 0.15) is 19.3 Å². The first-order valence-electron chi connectivity index (χ1n) is 5.06. The molecule has 1 aromatic rings. The quantitative estimate of drug-likeness (QED) is 0.763. The van der Waals surface area contributed by atoms with Gasteiger partial charge in [-0.2, -0.15) is 0 Å². The molecule has 1 saturated carbocycles. The van der Waals surface area contributed by atoms with Gasteiger partial charge in [-0.1, -0.05) is 0 Å². The van der Waals surface area contributed by atoms with E-state index in [0.29, 0.717) is 5.69 Å². The van der Waals surface area contributed by atoms with Crippen LogP contribution in [-0.2, 0) is 0 Å². The Morgan fingerprint density at radius 3 is 2.80 bits per heavy atom. The van der Waals surface area contributed by atoms with Gasteiger partial charge in [-0.3, -0.25) is 0 Å². The van der Waals surface area contributed by atoms with Crippen molar-refractivity contribution in [2.24, 2.45) is 0 Å². The van der Waals surface area contributed by atoms with Crippen LogP contribution in [0.4, 0.5) is 10.1 Å². The summed E-state index contributed by atoms with van der Waals surface area (Å²) in [5, 5.41) is 9.87. The molecule has 0 aromatic heterocycles. The molecule has 82 valence electrons. The Morgan fingerprint density at radius 2 is 2.20 bits per heavy atom. The molecule has 3 N–H and O–H groups in total. The highest BCUT2D eigenvalue weighted by molar-refractivity contribution is 8.00. The summed E-state index contributed by atoms with van der Waals surface area (Å²) in [6, 6.07) is 4.41. The van der Waals surface area contributed by atoms with Gasteiger partial charge in [0, 0.05) is 15.8 Å². The van der Waals surface area contributed by atoms with E-state index < -0.39 is 0 Å². The highest BCUT2D eigenvalue weighted by Gasteiger charge is 2.26. The first kappa shape index (κ1) is 10.8. The van der Waals surface area contributed by atoms with E-state index in [9.17, 15) is 9.50 Å². The normalized spacial score (nSPS) is 25.7. The second-order valence-electron chi connectivity index (χ2n) is 3.84. The zero-order valence-electron chi connectivity index (χ0n) is 8.32. The molecular formula is C11H14FNOS. The number of nitrogen functional groups attached to an aromatic ring is 1. The van der Waals surface area contributed by atoms with Gasteiger partial charge in [0.15, 0.2) is 0 Å². The molecule has 4 heteroatoms. The molecule has 0 amide bonds. The smallest absolute Gasteiger partial charge is 0.125 e. The molecule has 0 aliphatic heterocycles. The summed E-state index contributed by atoms with van der Waals surface area (Å²) in [4.78, 5) is 0.863. The van der Waals surface area contributed by atoms with Gasteiger partial charge in [0.1, 0.15) is 5.82 Å². The summed E-state index contributed by atoms with van der Waals surface area (Å²) in [6.45, 7) is 0. The third kappa shape index (κ3) is 2.44. The highest BCUT2D eigenvalue weighted by atomic mass is 32.2. The van der Waals surface area contributed by atoms with E-state index in [0.717, 1.165) is 24.2 Å². The predicted molar refractivity (Wildman–Crippen MR) is 60.3 cm³/mol. The largest absolute Gasteiger partial charge is 0.398 e. The first-order valence-corrected chi connectivity index (χ1v) is 5.94. The lowest BCUT2D eigenvalue weighted by atomic mass is 10.3. The van der Waals surface area contributed by atoms with Crippen LogP contribution in [0.15, 0.2) is 23.1 Å². The summed E-state index contributed by atoms with van der Waals surface area (Å²) in [5.41, 5.74) is 6.16. The highest BCUT2D eigenvalue weighted by Crippen LogP contribution is 2.37. The SMILES string of the molecule is Nc1cc(F)ccc1SC1CCCC1O. The van der Waals surface area contributed by atoms with Gasteiger partial charge in [0.05, 0.1) is 6.10 Å². The molecule has 15 heavy (non-hydrogen) atoms. The Labute approximate surface area is 92.7 Å². The number of halogens is 1. The average molecular weight is 227 g/mol. The van der Waals surface area contributed by atoms with Crippen LogP contribution in [0.5, 0.6) is 0 Å². The van der Waals surface area contributed by atoms with Gasteiger partial charge in [0.25, 0.3) is 0 Å². The number of thioether (sulfide) groups is 1. The van der Waals surface area contributed by atoms with Gasteiger partial charge >= 0.3 is 0 Å². The van der Waals surface area contributed by atoms with E-state index in [2.05, 4.69) is 0 Å². The van der Waals surface area contributed by atoms with Crippen LogP contribution in [-0.4, -0.2) is 16.5 Å². The zero-order valence-corrected chi connectivity index (χ0v) is 9.14. The van der Waals surface area contributed by atoms with E-state index in [1.165, 1.54) is 12.1 Å². The number of benzene rings is 1. The number of anilines is 1. The molecule has 2 atom stereocenters. The Bertz CT molecular complexity index is 358. The Balaban J connectivity index is 2.10. The summed E-state index contributed by atoms with van der Waals surface area (Å²) in [7, 11) is 0. The zero-order chi connectivity index (χ0) is 10.8. The second-order valence-corrected chi connectivity index (χ2v) is 5.12. The molecule has 1 aromatic carbocycles. The Hall–Kier alpha value is -0.740. The van der Waals surface area contributed by atoms with Gasteiger partial charge in [0.2, 0.25) is 0 Å². The van der Waals surface area contributed by atoms with E-state index in [1.807, 2.05) is 0 Å². The fourth-order valence-corrected chi connectivity index (χ4v) is 3.08. The van der Waals surface area contributed by atoms with Gasteiger partial charge in [-0.05, 0) is 37.5 Å². The number of rotatable bonds is 2. The first-order chi connectivity index (χ1) is 7.16. The van der Waals surface area contributed by atoms with Crippen LogP contribution in [0, 0.1) is 5.82 Å². The van der Waals surface area contributed by atoms with Crippen LogP contribution < -0.4 is 5.73 Å². The molecule has 1 aliphatic carbocycles. The third-order valence-corrected chi connectivity index (χ3v) is 4.15. The molecule has 1 fully saturated rings. The van der Waals surface area contributed by atoms with Crippen molar-refractivity contribution in [1.29, 1.82) is 0 Å². The van der Waals surface area contributed by atoms with E-state index >= 15 is 0 Å². The van der Waals surface area contributed by atoms with Crippen molar-refractivity contribution < 1.29 is 9.50 Å². The minimum Gasteiger partial charge on any atom is -0.398 e. The van der Waals surface area contributed by atoms with Crippen molar-refractivity contribution in [3.63, 3.8) is 0 Å². The fourth-order valence-electron chi connectivity index (χ4n) is 1.83.